The molecule has 2 aromatic heterocycles. The largest absolute Gasteiger partial charge is 0.475 e. The minimum absolute atomic E-state index is 0.0195. The molecule has 0 atom stereocenters. The summed E-state index contributed by atoms with van der Waals surface area (Å²) in [5, 5.41) is 12.1. The van der Waals surface area contributed by atoms with E-state index in [2.05, 4.69) is 0 Å². The Morgan fingerprint density at radius 1 is 1.53 bits per heavy atom. The molecular formula is C12H13NO3S. The maximum Gasteiger partial charge on any atom is 0.372 e. The third-order valence-corrected chi connectivity index (χ3v) is 3.66. The maximum atomic E-state index is 10.9. The van der Waals surface area contributed by atoms with Gasteiger partial charge in [0.05, 0.1) is 11.3 Å². The van der Waals surface area contributed by atoms with Gasteiger partial charge in [0.25, 0.3) is 0 Å². The molecule has 0 fully saturated rings. The SMILES string of the molecule is Cc1ccsc1N(C)Cc1ccoc1C(=O)O. The van der Waals surface area contributed by atoms with Crippen molar-refractivity contribution in [2.24, 2.45) is 0 Å². The number of carboxylic acid groups (broad SMARTS) is 1. The smallest absolute Gasteiger partial charge is 0.372 e. The van der Waals surface area contributed by atoms with Crippen LogP contribution < -0.4 is 4.90 Å². The molecule has 0 bridgehead atoms. The number of anilines is 1. The summed E-state index contributed by atoms with van der Waals surface area (Å²) in [6.07, 6.45) is 1.41. The molecule has 4 nitrogen and oxygen atoms in total. The summed E-state index contributed by atoms with van der Waals surface area (Å²) >= 11 is 1.64. The zero-order valence-electron chi connectivity index (χ0n) is 9.64. The molecule has 0 amide bonds. The average molecular weight is 251 g/mol. The van der Waals surface area contributed by atoms with Gasteiger partial charge >= 0.3 is 5.97 Å². The van der Waals surface area contributed by atoms with Crippen LogP contribution in [0.15, 0.2) is 28.2 Å². The number of carboxylic acids is 1. The first-order valence-corrected chi connectivity index (χ1v) is 6.02. The first-order chi connectivity index (χ1) is 8.09. The highest BCUT2D eigenvalue weighted by Gasteiger charge is 2.16. The molecule has 17 heavy (non-hydrogen) atoms. The van der Waals surface area contributed by atoms with Crippen LogP contribution in [0.25, 0.3) is 0 Å². The number of furan rings is 1. The first-order valence-electron chi connectivity index (χ1n) is 5.14. The molecule has 2 rings (SSSR count). The Bertz CT molecular complexity index is 529. The van der Waals surface area contributed by atoms with Crippen molar-refractivity contribution < 1.29 is 14.3 Å². The van der Waals surface area contributed by atoms with Crippen LogP contribution >= 0.6 is 11.3 Å². The van der Waals surface area contributed by atoms with Crippen LogP contribution in [-0.2, 0) is 6.54 Å². The molecule has 0 saturated carbocycles. The van der Waals surface area contributed by atoms with Crippen molar-refractivity contribution in [3.05, 3.63) is 40.7 Å². The fourth-order valence-corrected chi connectivity index (χ4v) is 2.63. The van der Waals surface area contributed by atoms with Crippen LogP contribution in [0.2, 0.25) is 0 Å². The molecule has 1 N–H and O–H groups in total. The summed E-state index contributed by atoms with van der Waals surface area (Å²) in [4.78, 5) is 12.9. The van der Waals surface area contributed by atoms with E-state index in [-0.39, 0.29) is 5.76 Å². The Morgan fingerprint density at radius 2 is 2.29 bits per heavy atom. The van der Waals surface area contributed by atoms with E-state index in [1.807, 2.05) is 30.3 Å². The van der Waals surface area contributed by atoms with Gasteiger partial charge in [-0.1, -0.05) is 0 Å². The van der Waals surface area contributed by atoms with Gasteiger partial charge in [-0.25, -0.2) is 4.79 Å². The zero-order chi connectivity index (χ0) is 12.4. The lowest BCUT2D eigenvalue weighted by Gasteiger charge is -2.17. The summed E-state index contributed by atoms with van der Waals surface area (Å²) < 4.78 is 4.95. The molecule has 0 unspecified atom stereocenters. The lowest BCUT2D eigenvalue weighted by molar-refractivity contribution is 0.0661. The Morgan fingerprint density at radius 3 is 2.88 bits per heavy atom. The predicted octanol–water partition coefficient (Wildman–Crippen LogP) is 2.98. The minimum Gasteiger partial charge on any atom is -0.475 e. The Balaban J connectivity index is 2.19. The topological polar surface area (TPSA) is 53.7 Å². The van der Waals surface area contributed by atoms with Crippen LogP contribution in [0.1, 0.15) is 21.7 Å². The highest BCUT2D eigenvalue weighted by Crippen LogP contribution is 2.27. The van der Waals surface area contributed by atoms with Crippen LogP contribution in [-0.4, -0.2) is 18.1 Å². The van der Waals surface area contributed by atoms with Crippen molar-refractivity contribution in [3.63, 3.8) is 0 Å². The van der Waals surface area contributed by atoms with Gasteiger partial charge in [-0.3, -0.25) is 0 Å². The summed E-state index contributed by atoms with van der Waals surface area (Å²) in [5.41, 5.74) is 1.88. The van der Waals surface area contributed by atoms with Crippen LogP contribution in [0, 0.1) is 6.92 Å². The Kier molecular flexibility index (Phi) is 3.19. The van der Waals surface area contributed by atoms with E-state index in [0.29, 0.717) is 12.1 Å². The quantitative estimate of drug-likeness (QED) is 0.907. The predicted molar refractivity (Wildman–Crippen MR) is 66.8 cm³/mol. The van der Waals surface area contributed by atoms with E-state index in [1.54, 1.807) is 17.4 Å². The first kappa shape index (κ1) is 11.7. The van der Waals surface area contributed by atoms with Gasteiger partial charge < -0.3 is 14.4 Å². The second-order valence-corrected chi connectivity index (χ2v) is 4.74. The molecule has 5 heteroatoms. The second kappa shape index (κ2) is 4.63. The van der Waals surface area contributed by atoms with Crippen molar-refractivity contribution in [2.75, 3.05) is 11.9 Å². The van der Waals surface area contributed by atoms with Crippen LogP contribution in [0.4, 0.5) is 5.00 Å². The lowest BCUT2D eigenvalue weighted by Crippen LogP contribution is -2.17. The molecule has 0 spiro atoms. The molecule has 2 heterocycles. The van der Waals surface area contributed by atoms with E-state index < -0.39 is 5.97 Å². The van der Waals surface area contributed by atoms with Gasteiger partial charge in [-0.15, -0.1) is 11.3 Å². The molecule has 0 radical (unpaired) electrons. The molecule has 0 aliphatic rings. The van der Waals surface area contributed by atoms with Gasteiger partial charge in [0.2, 0.25) is 5.76 Å². The monoisotopic (exact) mass is 251 g/mol. The van der Waals surface area contributed by atoms with Crippen LogP contribution in [0.5, 0.6) is 0 Å². The molecule has 0 saturated heterocycles. The zero-order valence-corrected chi connectivity index (χ0v) is 10.5. The number of nitrogens with zero attached hydrogens (tertiary/aromatic N) is 1. The van der Waals surface area contributed by atoms with Crippen LogP contribution in [0.3, 0.4) is 0 Å². The van der Waals surface area contributed by atoms with Crippen molar-refractivity contribution in [1.82, 2.24) is 0 Å². The number of hydrogen-bond acceptors (Lipinski definition) is 4. The number of rotatable bonds is 4. The standard InChI is InChI=1S/C12H13NO3S/c1-8-4-6-17-11(8)13(2)7-9-3-5-16-10(9)12(14)15/h3-6H,7H2,1-2H3,(H,14,15). The maximum absolute atomic E-state index is 10.9. The van der Waals surface area contributed by atoms with Gasteiger partial charge in [0.15, 0.2) is 0 Å². The average Bonchev–Trinajstić information content (AvgIpc) is 2.86. The summed E-state index contributed by atoms with van der Waals surface area (Å²) in [6.45, 7) is 2.56. The number of aromatic carboxylic acids is 1. The number of aryl methyl sites for hydroxylation is 1. The molecule has 0 aromatic carbocycles. The van der Waals surface area contributed by atoms with Crippen molar-refractivity contribution in [3.8, 4) is 0 Å². The Hall–Kier alpha value is -1.75. The fraction of sp³-hybridized carbons (Fsp3) is 0.250. The second-order valence-electron chi connectivity index (χ2n) is 3.84. The molecule has 0 aliphatic carbocycles. The van der Waals surface area contributed by atoms with Crippen molar-refractivity contribution in [1.29, 1.82) is 0 Å². The number of hydrogen-bond donors (Lipinski definition) is 1. The highest BCUT2D eigenvalue weighted by molar-refractivity contribution is 7.14. The van der Waals surface area contributed by atoms with E-state index in [1.165, 1.54) is 11.8 Å². The highest BCUT2D eigenvalue weighted by atomic mass is 32.1. The third kappa shape index (κ3) is 2.34. The molecule has 2 aromatic rings. The molecule has 0 aliphatic heterocycles. The molecule has 90 valence electrons. The van der Waals surface area contributed by atoms with E-state index >= 15 is 0 Å². The summed E-state index contributed by atoms with van der Waals surface area (Å²) in [7, 11) is 1.94. The van der Waals surface area contributed by atoms with Gasteiger partial charge in [0, 0.05) is 19.2 Å². The van der Waals surface area contributed by atoms with E-state index in [9.17, 15) is 4.79 Å². The number of carbonyl (C=O) groups is 1. The molecular weight excluding hydrogens is 238 g/mol. The normalized spacial score (nSPS) is 10.5. The van der Waals surface area contributed by atoms with E-state index in [4.69, 9.17) is 9.52 Å². The van der Waals surface area contributed by atoms with E-state index in [0.717, 1.165) is 5.00 Å². The Labute approximate surface area is 103 Å². The third-order valence-electron chi connectivity index (χ3n) is 2.53. The fourth-order valence-electron chi connectivity index (χ4n) is 1.73. The van der Waals surface area contributed by atoms with Crippen molar-refractivity contribution in [2.45, 2.75) is 13.5 Å². The van der Waals surface area contributed by atoms with Gasteiger partial charge in [-0.2, -0.15) is 0 Å². The van der Waals surface area contributed by atoms with Gasteiger partial charge in [-0.05, 0) is 30.0 Å². The number of thiophene rings is 1. The van der Waals surface area contributed by atoms with Crippen molar-refractivity contribution >= 4 is 22.3 Å². The summed E-state index contributed by atoms with van der Waals surface area (Å²) in [5.74, 6) is -1.01. The summed E-state index contributed by atoms with van der Waals surface area (Å²) in [6, 6.07) is 3.74. The van der Waals surface area contributed by atoms with Gasteiger partial charge in [0.1, 0.15) is 0 Å². The minimum atomic E-state index is -1.03. The lowest BCUT2D eigenvalue weighted by atomic mass is 10.2.